The van der Waals surface area contributed by atoms with Gasteiger partial charge in [-0.05, 0) is 15.0 Å². The van der Waals surface area contributed by atoms with Crippen LogP contribution in [0.3, 0.4) is 0 Å². The molecule has 0 amide bonds. The van der Waals surface area contributed by atoms with E-state index in [9.17, 15) is 15.6 Å². The first-order chi connectivity index (χ1) is 7.33. The molecule has 0 aromatic carbocycles. The summed E-state index contributed by atoms with van der Waals surface area (Å²) in [5.41, 5.74) is -2.46. The van der Waals surface area contributed by atoms with Crippen LogP contribution in [0.5, 0.6) is 0 Å². The van der Waals surface area contributed by atoms with Gasteiger partial charge in [-0.3, -0.25) is 0 Å². The zero-order valence-electron chi connectivity index (χ0n) is 7.63. The van der Waals surface area contributed by atoms with Crippen LogP contribution in [0.25, 0.3) is 0 Å². The van der Waals surface area contributed by atoms with Crippen LogP contribution >= 0.6 is 11.8 Å². The molecule has 0 saturated heterocycles. The number of hydrazone groups is 1. The lowest BCUT2D eigenvalue weighted by atomic mass is 11.1. The zero-order chi connectivity index (χ0) is 13.6. The van der Waals surface area contributed by atoms with Gasteiger partial charge in [0.05, 0.1) is 16.8 Å². The lowest BCUT2D eigenvalue weighted by Gasteiger charge is -2.36. The van der Waals surface area contributed by atoms with E-state index < -0.39 is 30.8 Å². The molecule has 1 atom stereocenters. The Morgan fingerprint density at radius 2 is 1.53 bits per heavy atom. The van der Waals surface area contributed by atoms with Crippen LogP contribution in [-0.2, 0) is 0 Å². The van der Waals surface area contributed by atoms with Gasteiger partial charge < -0.3 is 15.6 Å². The maximum absolute atomic E-state index is 10.7. The highest BCUT2D eigenvalue weighted by molar-refractivity contribution is 8.14. The van der Waals surface area contributed by atoms with E-state index in [1.54, 1.807) is 0 Å². The minimum Gasteiger partial charge on any atom is -0.562 e. The number of amidine groups is 1. The van der Waals surface area contributed by atoms with Crippen molar-refractivity contribution in [1.82, 2.24) is 5.12 Å². The molecule has 100 valence electrons. The van der Waals surface area contributed by atoms with Crippen molar-refractivity contribution in [3.63, 3.8) is 0 Å². The molecule has 1 aliphatic rings. The summed E-state index contributed by atoms with van der Waals surface area (Å²) >= 11 is -0.281. The van der Waals surface area contributed by atoms with Crippen LogP contribution in [0, 0.1) is 15.6 Å². The van der Waals surface area contributed by atoms with Crippen molar-refractivity contribution >= 4 is 16.9 Å². The van der Waals surface area contributed by atoms with E-state index in [1.165, 1.54) is 0 Å². The Morgan fingerprint density at radius 3 is 1.76 bits per heavy atom. The van der Waals surface area contributed by atoms with E-state index >= 15 is 0 Å². The molecular weight excluding hydrogens is 270 g/mol. The third-order valence-corrected chi connectivity index (χ3v) is 2.60. The summed E-state index contributed by atoms with van der Waals surface area (Å²) in [6.45, 7) is 0. The lowest BCUT2D eigenvalue weighted by molar-refractivity contribution is -1.32. The van der Waals surface area contributed by atoms with Crippen molar-refractivity contribution in [2.75, 3.05) is 0 Å². The molecule has 0 aromatic rings. The topological polar surface area (TPSA) is 206 Å². The van der Waals surface area contributed by atoms with Crippen LogP contribution in [-0.4, -0.2) is 62.1 Å². The number of hydrogen-bond donors (Lipinski definition) is 6. The van der Waals surface area contributed by atoms with Gasteiger partial charge in [0, 0.05) is 5.12 Å². The predicted molar refractivity (Wildman–Crippen MR) is 42.3 cm³/mol. The van der Waals surface area contributed by atoms with Crippen LogP contribution in [0.4, 0.5) is 0 Å². The Bertz CT molecular complexity index is 326. The first-order valence-electron chi connectivity index (χ1n) is 3.55. The number of hydrogen-bond acceptors (Lipinski definition) is 12. The monoisotopic (exact) mass is 277 g/mol. The Balaban J connectivity index is 3.08. The van der Waals surface area contributed by atoms with Crippen molar-refractivity contribution in [3.05, 3.63) is 15.6 Å². The first-order valence-corrected chi connectivity index (χ1v) is 4.43. The molecule has 14 nitrogen and oxygen atoms in total. The van der Waals surface area contributed by atoms with Crippen molar-refractivity contribution in [3.8, 4) is 0 Å². The lowest BCUT2D eigenvalue weighted by Crippen LogP contribution is -2.59. The van der Waals surface area contributed by atoms with Crippen molar-refractivity contribution in [2.24, 2.45) is 5.10 Å². The van der Waals surface area contributed by atoms with E-state index in [-0.39, 0.29) is 11.8 Å². The maximum Gasteiger partial charge on any atom is 0.360 e. The normalized spacial score (nSPS) is 23.0. The second kappa shape index (κ2) is 3.93. The number of quaternary nitrogens is 3. The quantitative estimate of drug-likeness (QED) is 0.260. The summed E-state index contributed by atoms with van der Waals surface area (Å²) in [5.74, 6) is 0. The average Bonchev–Trinajstić information content (AvgIpc) is 2.42. The molecule has 0 aromatic heterocycles. The molecule has 15 heteroatoms. The second-order valence-electron chi connectivity index (χ2n) is 2.79. The molecule has 1 unspecified atom stereocenters. The second-order valence-corrected chi connectivity index (χ2v) is 3.82. The Kier molecular flexibility index (Phi) is 3.33. The van der Waals surface area contributed by atoms with Crippen molar-refractivity contribution in [1.29, 1.82) is 0 Å². The van der Waals surface area contributed by atoms with Gasteiger partial charge in [-0.15, -0.1) is 0 Å². The Labute approximate surface area is 95.5 Å². The van der Waals surface area contributed by atoms with Gasteiger partial charge in [-0.2, -0.15) is 31.2 Å². The van der Waals surface area contributed by atoms with Crippen LogP contribution < -0.4 is 0 Å². The standard InChI is InChI=1S/C2H7N5O9S/c8-5(9,10)1-3-4(7(14,15)16)2(17-1)6(11,12)13/h2,8-9,11-12,14-15H. The summed E-state index contributed by atoms with van der Waals surface area (Å²) in [6, 6.07) is 0. The predicted octanol–water partition coefficient (Wildman–Crippen LogP) is -1.22. The smallest absolute Gasteiger partial charge is 0.360 e. The molecule has 6 N–H and O–H groups in total. The summed E-state index contributed by atoms with van der Waals surface area (Å²) in [5, 5.41) is 80.5. The molecule has 0 bridgehead atoms. The SMILES string of the molecule is [O-][N+](O)(O)C1=NN([N+]([O-])(O)O)C([N+]([O-])(O)O)S1. The first kappa shape index (κ1) is 14.4. The highest BCUT2D eigenvalue weighted by Gasteiger charge is 2.54. The molecule has 1 rings (SSSR count). The molecule has 0 fully saturated rings. The number of hydroxylamine groups is 6. The van der Waals surface area contributed by atoms with Crippen LogP contribution in [0.2, 0.25) is 0 Å². The van der Waals surface area contributed by atoms with Gasteiger partial charge in [-0.1, -0.05) is 0 Å². The highest BCUT2D eigenvalue weighted by atomic mass is 32.2. The number of rotatable bonds is 2. The molecule has 1 heterocycles. The largest absolute Gasteiger partial charge is 0.562 e. The summed E-state index contributed by atoms with van der Waals surface area (Å²) in [7, 11) is 0. The van der Waals surface area contributed by atoms with Crippen LogP contribution in [0.1, 0.15) is 0 Å². The van der Waals surface area contributed by atoms with E-state index in [0.717, 1.165) is 0 Å². The summed E-state index contributed by atoms with van der Waals surface area (Å²) in [4.78, 5) is -6.46. The highest BCUT2D eigenvalue weighted by Crippen LogP contribution is 2.35. The van der Waals surface area contributed by atoms with Gasteiger partial charge in [-0.25, -0.2) is 0 Å². The van der Waals surface area contributed by atoms with Gasteiger partial charge in [0.25, 0.3) is 0 Å². The minimum atomic E-state index is -3.41. The van der Waals surface area contributed by atoms with Crippen LogP contribution in [0.15, 0.2) is 5.10 Å². The Morgan fingerprint density at radius 1 is 1.06 bits per heavy atom. The molecule has 0 spiro atoms. The van der Waals surface area contributed by atoms with E-state index in [1.807, 2.05) is 0 Å². The van der Waals surface area contributed by atoms with E-state index in [4.69, 9.17) is 31.2 Å². The molecule has 0 aliphatic carbocycles. The summed E-state index contributed by atoms with van der Waals surface area (Å²) in [6.07, 6.45) is 0. The minimum absolute atomic E-state index is 0.281. The van der Waals surface area contributed by atoms with Gasteiger partial charge in [0.2, 0.25) is 0 Å². The fraction of sp³-hybridized carbons (Fsp3) is 0.500. The molecule has 17 heavy (non-hydrogen) atoms. The van der Waals surface area contributed by atoms with Gasteiger partial charge in [0.1, 0.15) is 0 Å². The zero-order valence-corrected chi connectivity index (χ0v) is 8.45. The molecule has 1 aliphatic heterocycles. The number of thioether (sulfide) groups is 1. The molecule has 0 saturated carbocycles. The average molecular weight is 277 g/mol. The van der Waals surface area contributed by atoms with Gasteiger partial charge in [0.15, 0.2) is 0 Å². The third-order valence-electron chi connectivity index (χ3n) is 1.40. The molecular formula is C2H7N5O9S. The third kappa shape index (κ3) is 3.17. The van der Waals surface area contributed by atoms with Crippen molar-refractivity contribution in [2.45, 2.75) is 5.50 Å². The van der Waals surface area contributed by atoms with E-state index in [0.29, 0.717) is 0 Å². The van der Waals surface area contributed by atoms with Gasteiger partial charge >= 0.3 is 10.7 Å². The fourth-order valence-electron chi connectivity index (χ4n) is 0.819. The van der Waals surface area contributed by atoms with Crippen molar-refractivity contribution < 1.29 is 46.3 Å². The Hall–Kier alpha value is -0.660. The fourth-order valence-corrected chi connectivity index (χ4v) is 1.68. The number of nitrogens with zero attached hydrogens (tertiary/aromatic N) is 5. The maximum atomic E-state index is 10.7. The molecule has 0 radical (unpaired) electrons. The van der Waals surface area contributed by atoms with E-state index in [2.05, 4.69) is 5.10 Å². The summed E-state index contributed by atoms with van der Waals surface area (Å²) < 4.78 is 0.